The summed E-state index contributed by atoms with van der Waals surface area (Å²) in [4.78, 5) is 14.3. The van der Waals surface area contributed by atoms with Crippen LogP contribution in [0.25, 0.3) is 13.2 Å². The molecule has 1 atom stereocenters. The van der Waals surface area contributed by atoms with Gasteiger partial charge in [-0.3, -0.25) is 4.79 Å². The second-order valence-electron chi connectivity index (χ2n) is 14.5. The summed E-state index contributed by atoms with van der Waals surface area (Å²) in [6.07, 6.45) is 14.1. The van der Waals surface area contributed by atoms with Gasteiger partial charge >= 0.3 is 5.97 Å². The Hall–Kier alpha value is -3.99. The SMILES string of the molecule is C=c1ccc2c(c1)C(C)(C)[C-](C=CC1CCCC(/C=C/[C-]3[N+](C)=c4ccc(=C)cc4C3(C)C)=C1N1CCC(C(=O)O)CC1)[N+]=2C. The summed E-state index contributed by atoms with van der Waals surface area (Å²) in [6.45, 7) is 19.2. The maximum Gasteiger partial charge on any atom is 0.306 e. The van der Waals surface area contributed by atoms with Crippen LogP contribution in [0.5, 0.6) is 0 Å². The van der Waals surface area contributed by atoms with E-state index in [-0.39, 0.29) is 22.7 Å². The lowest BCUT2D eigenvalue weighted by Gasteiger charge is -2.41. The van der Waals surface area contributed by atoms with Crippen molar-refractivity contribution < 1.29 is 9.90 Å². The first kappa shape index (κ1) is 31.0. The highest BCUT2D eigenvalue weighted by molar-refractivity contribution is 5.70. The molecule has 1 unspecified atom stereocenters. The molecular weight excluding hydrogens is 554 g/mol. The quantitative estimate of drug-likeness (QED) is 0.400. The van der Waals surface area contributed by atoms with Gasteiger partial charge in [0.2, 0.25) is 0 Å². The normalized spacial score (nSPS) is 23.1. The maximum absolute atomic E-state index is 11.8. The number of likely N-dealkylation sites (N-methyl/N-ethyl adjacent to an activating group) is 2. The Bertz CT molecular complexity index is 1850. The van der Waals surface area contributed by atoms with Gasteiger partial charge in [0.25, 0.3) is 0 Å². The lowest BCUT2D eigenvalue weighted by atomic mass is 9.77. The molecule has 2 aromatic rings. The predicted molar refractivity (Wildman–Crippen MR) is 184 cm³/mol. The minimum atomic E-state index is -0.662. The predicted octanol–water partition coefficient (Wildman–Crippen LogP) is 4.06. The molecule has 4 aliphatic rings. The summed E-state index contributed by atoms with van der Waals surface area (Å²) in [5, 5.41) is 14.3. The van der Waals surface area contributed by atoms with Crippen LogP contribution in [0.3, 0.4) is 0 Å². The van der Waals surface area contributed by atoms with Gasteiger partial charge in [0.05, 0.1) is 18.0 Å². The molecule has 1 fully saturated rings. The third-order valence-corrected chi connectivity index (χ3v) is 10.9. The van der Waals surface area contributed by atoms with E-state index in [1.165, 1.54) is 45.2 Å². The number of piperidine rings is 1. The van der Waals surface area contributed by atoms with E-state index in [2.05, 4.69) is 130 Å². The molecule has 5 nitrogen and oxygen atoms in total. The Balaban J connectivity index is 1.37. The van der Waals surface area contributed by atoms with Gasteiger partial charge in [-0.1, -0.05) is 83.5 Å². The molecule has 0 amide bonds. The fourth-order valence-electron chi connectivity index (χ4n) is 8.33. The highest BCUT2D eigenvalue weighted by Crippen LogP contribution is 2.41. The van der Waals surface area contributed by atoms with E-state index in [4.69, 9.17) is 0 Å². The highest BCUT2D eigenvalue weighted by atomic mass is 16.4. The standard InChI is InChI=1S/C40H49N3O2/c1-26-12-16-33-31(24-26)39(3,4)35(41(33)7)18-14-28-10-9-11-29(37(28)43-22-20-30(21-23-43)38(44)45)15-19-36-40(5,6)32-25-27(2)13-17-34(32)42(36)8/h12-19,24-25,28,30H,1-2,9-11,20-23H2,3-8H3,(H,44,45)/b18-14?,19-15+. The summed E-state index contributed by atoms with van der Waals surface area (Å²) in [5.41, 5.74) is 5.16. The van der Waals surface area contributed by atoms with Gasteiger partial charge in [0.1, 0.15) is 24.8 Å². The lowest BCUT2D eigenvalue weighted by molar-refractivity contribution is -0.143. The first-order valence-electron chi connectivity index (χ1n) is 16.5. The Morgan fingerprint density at radius 1 is 0.889 bits per heavy atom. The zero-order valence-electron chi connectivity index (χ0n) is 28.0. The highest BCUT2D eigenvalue weighted by Gasteiger charge is 2.39. The Morgan fingerprint density at radius 3 is 1.96 bits per heavy atom. The van der Waals surface area contributed by atoms with Crippen LogP contribution in [0, 0.1) is 23.9 Å². The molecule has 1 N–H and O–H groups in total. The van der Waals surface area contributed by atoms with E-state index in [1.54, 1.807) is 0 Å². The molecule has 0 bridgehead atoms. The topological polar surface area (TPSA) is 46.6 Å². The van der Waals surface area contributed by atoms with Crippen molar-refractivity contribution in [1.29, 1.82) is 0 Å². The van der Waals surface area contributed by atoms with Crippen LogP contribution in [-0.2, 0) is 15.6 Å². The summed E-state index contributed by atoms with van der Waals surface area (Å²) in [5.74, 6) is -0.642. The summed E-state index contributed by atoms with van der Waals surface area (Å²) in [7, 11) is 4.34. The van der Waals surface area contributed by atoms with Crippen molar-refractivity contribution >= 4 is 19.1 Å². The Kier molecular flexibility index (Phi) is 7.87. The third-order valence-electron chi connectivity index (χ3n) is 10.9. The lowest BCUT2D eigenvalue weighted by Crippen LogP contribution is -2.39. The second kappa shape index (κ2) is 11.4. The largest absolute Gasteiger partial charge is 0.481 e. The van der Waals surface area contributed by atoms with Crippen molar-refractivity contribution in [3.63, 3.8) is 0 Å². The summed E-state index contributed by atoms with van der Waals surface area (Å²) >= 11 is 0. The minimum Gasteiger partial charge on any atom is -0.481 e. The van der Waals surface area contributed by atoms with Crippen molar-refractivity contribution in [3.8, 4) is 0 Å². The van der Waals surface area contributed by atoms with Crippen LogP contribution >= 0.6 is 0 Å². The molecule has 0 spiro atoms. The molecule has 6 rings (SSSR count). The van der Waals surface area contributed by atoms with Crippen LogP contribution in [0.2, 0.25) is 0 Å². The van der Waals surface area contributed by atoms with Crippen molar-refractivity contribution in [2.45, 2.75) is 70.6 Å². The van der Waals surface area contributed by atoms with Crippen molar-refractivity contribution in [2.75, 3.05) is 27.2 Å². The van der Waals surface area contributed by atoms with Gasteiger partial charge in [-0.2, -0.15) is 6.08 Å². The van der Waals surface area contributed by atoms with Crippen molar-refractivity contribution in [2.24, 2.45) is 11.8 Å². The van der Waals surface area contributed by atoms with E-state index < -0.39 is 5.97 Å². The van der Waals surface area contributed by atoms with E-state index in [0.717, 1.165) is 42.8 Å². The average Bonchev–Trinajstić information content (AvgIpc) is 3.30. The van der Waals surface area contributed by atoms with Crippen molar-refractivity contribution in [3.05, 3.63) is 116 Å². The Morgan fingerprint density at radius 2 is 1.42 bits per heavy atom. The molecule has 0 radical (unpaired) electrons. The average molecular weight is 604 g/mol. The zero-order chi connectivity index (χ0) is 32.3. The van der Waals surface area contributed by atoms with E-state index in [1.807, 2.05) is 0 Å². The number of hydrogen-bond donors (Lipinski definition) is 1. The molecule has 45 heavy (non-hydrogen) atoms. The van der Waals surface area contributed by atoms with Crippen LogP contribution in [0.4, 0.5) is 0 Å². The van der Waals surface area contributed by atoms with Crippen LogP contribution in [-0.4, -0.2) is 43.2 Å². The molecule has 3 aliphatic heterocycles. The number of allylic oxidation sites excluding steroid dienone is 3. The number of hydrogen-bond acceptors (Lipinski definition) is 2. The van der Waals surface area contributed by atoms with Gasteiger partial charge in [0, 0.05) is 23.9 Å². The fraction of sp³-hybridized carbons (Fsp3) is 0.425. The first-order valence-corrected chi connectivity index (χ1v) is 16.5. The number of nitrogens with zero attached hydrogens (tertiary/aromatic N) is 3. The fourth-order valence-corrected chi connectivity index (χ4v) is 8.33. The number of carboxylic acids is 1. The van der Waals surface area contributed by atoms with Crippen LogP contribution < -0.4 is 30.3 Å². The van der Waals surface area contributed by atoms with Gasteiger partial charge in [-0.05, 0) is 64.6 Å². The molecule has 236 valence electrons. The smallest absolute Gasteiger partial charge is 0.306 e. The maximum atomic E-state index is 11.8. The van der Waals surface area contributed by atoms with Crippen LogP contribution in [0.15, 0.2) is 72.0 Å². The first-order chi connectivity index (χ1) is 21.3. The molecular formula is C40H49N3O2. The number of rotatable bonds is 6. The van der Waals surface area contributed by atoms with Crippen molar-refractivity contribution in [1.82, 2.24) is 14.1 Å². The van der Waals surface area contributed by atoms with E-state index in [0.29, 0.717) is 12.8 Å². The summed E-state index contributed by atoms with van der Waals surface area (Å²) < 4.78 is 4.66. The number of fused-ring (bicyclic) bond motifs is 2. The molecule has 1 aliphatic carbocycles. The molecule has 2 aromatic carbocycles. The van der Waals surface area contributed by atoms with Crippen LogP contribution in [0.1, 0.15) is 70.9 Å². The van der Waals surface area contributed by atoms with E-state index in [9.17, 15) is 9.90 Å². The monoisotopic (exact) mass is 603 g/mol. The van der Waals surface area contributed by atoms with E-state index >= 15 is 0 Å². The summed E-state index contributed by atoms with van der Waals surface area (Å²) in [6, 6.07) is 15.6. The number of benzene rings is 2. The number of carbonyl (C=O) groups is 1. The molecule has 0 saturated carbocycles. The van der Waals surface area contributed by atoms with Gasteiger partial charge in [0.15, 0.2) is 0 Å². The Labute approximate surface area is 268 Å². The number of carboxylic acid groups (broad SMARTS) is 1. The number of likely N-dealkylation sites (tertiary alicyclic amines) is 1. The molecule has 3 heterocycles. The third kappa shape index (κ3) is 5.34. The molecule has 0 aromatic heterocycles. The van der Waals surface area contributed by atoms with Gasteiger partial charge < -0.3 is 19.2 Å². The second-order valence-corrected chi connectivity index (χ2v) is 14.5. The van der Waals surface area contributed by atoms with Gasteiger partial charge in [-0.15, -0.1) is 18.2 Å². The zero-order valence-corrected chi connectivity index (χ0v) is 28.0. The molecule has 1 saturated heterocycles. The minimum absolute atomic E-state index is 0.118. The molecule has 5 heteroatoms. The van der Waals surface area contributed by atoms with Gasteiger partial charge in [-0.25, -0.2) is 0 Å². The number of aliphatic carboxylic acids is 1.